The first-order valence-electron chi connectivity index (χ1n) is 9.51. The van der Waals surface area contributed by atoms with Crippen LogP contribution in [0.3, 0.4) is 0 Å². The standard InChI is InChI=1S/C21H40O3/c1-16(2)19(15-22)12-11-17(3)9-8-10-18(4)13-14-24-20(23)21(5,6)7/h9,16,18-19,22H,8,10-15H2,1-7H3/b17-9+/t18-,19-/m0/s1. The van der Waals surface area contributed by atoms with Crippen molar-refractivity contribution in [2.75, 3.05) is 13.2 Å². The van der Waals surface area contributed by atoms with E-state index in [0.29, 0.717) is 24.4 Å². The molecule has 0 saturated heterocycles. The van der Waals surface area contributed by atoms with E-state index in [1.165, 1.54) is 5.57 Å². The quantitative estimate of drug-likeness (QED) is 0.406. The second-order valence-corrected chi connectivity index (χ2v) is 8.63. The Kier molecular flexibility index (Phi) is 11.3. The minimum Gasteiger partial charge on any atom is -0.465 e. The van der Waals surface area contributed by atoms with Gasteiger partial charge in [-0.05, 0) is 77.6 Å². The first-order valence-corrected chi connectivity index (χ1v) is 9.51. The number of hydrogen-bond acceptors (Lipinski definition) is 3. The number of carbonyl (C=O) groups excluding carboxylic acids is 1. The molecule has 0 unspecified atom stereocenters. The van der Waals surface area contributed by atoms with Crippen LogP contribution in [0.2, 0.25) is 0 Å². The number of rotatable bonds is 11. The molecule has 0 aliphatic rings. The highest BCUT2D eigenvalue weighted by molar-refractivity contribution is 5.75. The van der Waals surface area contributed by atoms with Gasteiger partial charge in [0, 0.05) is 6.61 Å². The van der Waals surface area contributed by atoms with Crippen LogP contribution in [0, 0.1) is 23.2 Å². The van der Waals surface area contributed by atoms with Crippen molar-refractivity contribution in [3.8, 4) is 0 Å². The second kappa shape index (κ2) is 11.7. The van der Waals surface area contributed by atoms with E-state index < -0.39 is 5.41 Å². The van der Waals surface area contributed by atoms with Crippen molar-refractivity contribution >= 4 is 5.97 Å². The average molecular weight is 341 g/mol. The molecule has 3 nitrogen and oxygen atoms in total. The van der Waals surface area contributed by atoms with Gasteiger partial charge in [-0.25, -0.2) is 0 Å². The van der Waals surface area contributed by atoms with Crippen LogP contribution in [0.5, 0.6) is 0 Å². The predicted molar refractivity (Wildman–Crippen MR) is 102 cm³/mol. The summed E-state index contributed by atoms with van der Waals surface area (Å²) in [7, 11) is 0. The Hall–Kier alpha value is -0.830. The molecule has 142 valence electrons. The van der Waals surface area contributed by atoms with Gasteiger partial charge in [0.1, 0.15) is 0 Å². The van der Waals surface area contributed by atoms with E-state index in [0.717, 1.165) is 32.1 Å². The van der Waals surface area contributed by atoms with E-state index in [-0.39, 0.29) is 12.6 Å². The van der Waals surface area contributed by atoms with Crippen molar-refractivity contribution in [3.63, 3.8) is 0 Å². The Labute approximate surface area is 149 Å². The predicted octanol–water partition coefficient (Wildman–Crippen LogP) is 5.37. The van der Waals surface area contributed by atoms with Crippen LogP contribution in [0.4, 0.5) is 0 Å². The number of aliphatic hydroxyl groups is 1. The molecular weight excluding hydrogens is 300 g/mol. The molecule has 24 heavy (non-hydrogen) atoms. The Morgan fingerprint density at radius 2 is 1.75 bits per heavy atom. The van der Waals surface area contributed by atoms with Gasteiger partial charge in [0.05, 0.1) is 12.0 Å². The maximum atomic E-state index is 11.7. The molecule has 3 heteroatoms. The maximum absolute atomic E-state index is 11.7. The summed E-state index contributed by atoms with van der Waals surface area (Å²) < 4.78 is 5.33. The van der Waals surface area contributed by atoms with Crippen LogP contribution >= 0.6 is 0 Å². The first-order chi connectivity index (χ1) is 11.1. The summed E-state index contributed by atoms with van der Waals surface area (Å²) in [5.74, 6) is 1.39. The van der Waals surface area contributed by atoms with Crippen LogP contribution in [-0.4, -0.2) is 24.3 Å². The zero-order valence-corrected chi connectivity index (χ0v) is 17.0. The third kappa shape index (κ3) is 10.9. The number of allylic oxidation sites excluding steroid dienone is 2. The molecule has 0 aromatic heterocycles. The summed E-state index contributed by atoms with van der Waals surface area (Å²) in [5, 5.41) is 9.37. The number of carbonyl (C=O) groups is 1. The summed E-state index contributed by atoms with van der Waals surface area (Å²) in [4.78, 5) is 11.7. The molecule has 0 fully saturated rings. The Morgan fingerprint density at radius 1 is 1.12 bits per heavy atom. The molecule has 2 atom stereocenters. The first kappa shape index (κ1) is 23.2. The molecule has 0 bridgehead atoms. The minimum atomic E-state index is -0.411. The third-order valence-corrected chi connectivity index (χ3v) is 4.70. The molecule has 0 saturated carbocycles. The molecular formula is C21H40O3. The topological polar surface area (TPSA) is 46.5 Å². The maximum Gasteiger partial charge on any atom is 0.311 e. The third-order valence-electron chi connectivity index (χ3n) is 4.70. The van der Waals surface area contributed by atoms with Crippen molar-refractivity contribution in [2.24, 2.45) is 23.2 Å². The van der Waals surface area contributed by atoms with Crippen molar-refractivity contribution in [3.05, 3.63) is 11.6 Å². The van der Waals surface area contributed by atoms with Gasteiger partial charge in [0.15, 0.2) is 0 Å². The van der Waals surface area contributed by atoms with Crippen LogP contribution in [0.25, 0.3) is 0 Å². The molecule has 0 heterocycles. The lowest BCUT2D eigenvalue weighted by molar-refractivity contribution is -0.153. The fourth-order valence-corrected chi connectivity index (χ4v) is 2.48. The highest BCUT2D eigenvalue weighted by atomic mass is 16.5. The normalized spacial score (nSPS) is 15.5. The van der Waals surface area contributed by atoms with Gasteiger partial charge in [-0.3, -0.25) is 4.79 Å². The molecule has 0 amide bonds. The fourth-order valence-electron chi connectivity index (χ4n) is 2.48. The van der Waals surface area contributed by atoms with Crippen molar-refractivity contribution < 1.29 is 14.6 Å². The van der Waals surface area contributed by atoms with Gasteiger partial charge < -0.3 is 9.84 Å². The smallest absolute Gasteiger partial charge is 0.311 e. The zero-order chi connectivity index (χ0) is 18.8. The summed E-state index contributed by atoms with van der Waals surface area (Å²) in [5.41, 5.74) is 1.01. The van der Waals surface area contributed by atoms with Gasteiger partial charge in [0.2, 0.25) is 0 Å². The number of hydrogen-bond donors (Lipinski definition) is 1. The van der Waals surface area contributed by atoms with Crippen LogP contribution < -0.4 is 0 Å². The van der Waals surface area contributed by atoms with Gasteiger partial charge in [-0.1, -0.05) is 32.4 Å². The highest BCUT2D eigenvalue weighted by Gasteiger charge is 2.22. The van der Waals surface area contributed by atoms with Crippen molar-refractivity contribution in [2.45, 2.75) is 80.6 Å². The van der Waals surface area contributed by atoms with E-state index in [4.69, 9.17) is 4.74 Å². The molecule has 0 aromatic rings. The monoisotopic (exact) mass is 340 g/mol. The second-order valence-electron chi connectivity index (χ2n) is 8.63. The lowest BCUT2D eigenvalue weighted by atomic mass is 9.90. The van der Waals surface area contributed by atoms with E-state index in [1.54, 1.807) is 0 Å². The average Bonchev–Trinajstić information content (AvgIpc) is 2.46. The van der Waals surface area contributed by atoms with Gasteiger partial charge in [-0.2, -0.15) is 0 Å². The Morgan fingerprint density at radius 3 is 2.25 bits per heavy atom. The van der Waals surface area contributed by atoms with Crippen molar-refractivity contribution in [1.82, 2.24) is 0 Å². The van der Waals surface area contributed by atoms with Gasteiger partial charge in [0.25, 0.3) is 0 Å². The van der Waals surface area contributed by atoms with E-state index in [1.807, 2.05) is 20.8 Å². The molecule has 0 radical (unpaired) electrons. The summed E-state index contributed by atoms with van der Waals surface area (Å²) in [6.45, 7) is 15.2. The fraction of sp³-hybridized carbons (Fsp3) is 0.857. The Balaban J connectivity index is 3.93. The largest absolute Gasteiger partial charge is 0.465 e. The summed E-state index contributed by atoms with van der Waals surface area (Å²) in [6, 6.07) is 0. The van der Waals surface area contributed by atoms with Crippen LogP contribution in [0.15, 0.2) is 11.6 Å². The zero-order valence-electron chi connectivity index (χ0n) is 17.0. The molecule has 0 spiro atoms. The minimum absolute atomic E-state index is 0.117. The lowest BCUT2D eigenvalue weighted by Gasteiger charge is -2.18. The summed E-state index contributed by atoms with van der Waals surface area (Å²) >= 11 is 0. The SMILES string of the molecule is C/C(=C\CC[C@H](C)CCOC(=O)C(C)(C)C)CC[C@@H](CO)C(C)C. The molecule has 0 aromatic carbocycles. The molecule has 1 N–H and O–H groups in total. The van der Waals surface area contributed by atoms with Crippen molar-refractivity contribution in [1.29, 1.82) is 0 Å². The molecule has 0 aliphatic carbocycles. The Bertz CT molecular complexity index is 377. The molecule has 0 rings (SSSR count). The highest BCUT2D eigenvalue weighted by Crippen LogP contribution is 2.21. The van der Waals surface area contributed by atoms with Crippen LogP contribution in [-0.2, 0) is 9.53 Å². The van der Waals surface area contributed by atoms with E-state index >= 15 is 0 Å². The van der Waals surface area contributed by atoms with E-state index in [9.17, 15) is 9.90 Å². The number of ether oxygens (including phenoxy) is 1. The number of aliphatic hydroxyl groups excluding tert-OH is 1. The summed E-state index contributed by atoms with van der Waals surface area (Å²) in [6.07, 6.45) is 7.58. The van der Waals surface area contributed by atoms with Crippen LogP contribution in [0.1, 0.15) is 80.6 Å². The number of esters is 1. The van der Waals surface area contributed by atoms with Gasteiger partial charge in [-0.15, -0.1) is 0 Å². The van der Waals surface area contributed by atoms with Gasteiger partial charge >= 0.3 is 5.97 Å². The molecule has 0 aliphatic heterocycles. The lowest BCUT2D eigenvalue weighted by Crippen LogP contribution is -2.23. The van der Waals surface area contributed by atoms with E-state index in [2.05, 4.69) is 33.8 Å².